The van der Waals surface area contributed by atoms with E-state index < -0.39 is 0 Å². The van der Waals surface area contributed by atoms with Crippen LogP contribution in [-0.4, -0.2) is 6.54 Å². The average molecular weight is 325 g/mol. The highest BCUT2D eigenvalue weighted by atomic mass is 79.9. The fourth-order valence-electron chi connectivity index (χ4n) is 1.68. The van der Waals surface area contributed by atoms with Gasteiger partial charge in [0.2, 0.25) is 0 Å². The number of hydrogen-bond donors (Lipinski definition) is 1. The van der Waals surface area contributed by atoms with Crippen LogP contribution in [0, 0.1) is 5.41 Å². The fraction of sp³-hybridized carbons (Fsp3) is 0.667. The van der Waals surface area contributed by atoms with E-state index in [1.807, 2.05) is 0 Å². The second kappa shape index (κ2) is 5.85. The maximum atomic E-state index is 6.10. The fourth-order valence-corrected chi connectivity index (χ4v) is 3.71. The van der Waals surface area contributed by atoms with Crippen LogP contribution >= 0.6 is 38.9 Å². The molecule has 4 heteroatoms. The lowest BCUT2D eigenvalue weighted by molar-refractivity contribution is 0.240. The number of rotatable bonds is 5. The summed E-state index contributed by atoms with van der Waals surface area (Å²) >= 11 is 11.3. The first-order valence-electron chi connectivity index (χ1n) is 5.60. The summed E-state index contributed by atoms with van der Waals surface area (Å²) in [6.07, 6.45) is 1.14. The van der Waals surface area contributed by atoms with Crippen molar-refractivity contribution in [3.63, 3.8) is 0 Å². The molecule has 1 rings (SSSR count). The van der Waals surface area contributed by atoms with Crippen LogP contribution in [0.1, 0.15) is 45.0 Å². The van der Waals surface area contributed by atoms with Crippen LogP contribution in [0.15, 0.2) is 9.85 Å². The molecule has 1 aromatic rings. The molecule has 0 fully saturated rings. The third-order valence-electron chi connectivity index (χ3n) is 3.05. The Bertz CT molecular complexity index is 329. The summed E-state index contributed by atoms with van der Waals surface area (Å²) in [6, 6.07) is 2.44. The monoisotopic (exact) mass is 323 g/mol. The molecule has 0 aliphatic heterocycles. The first-order chi connectivity index (χ1) is 7.42. The van der Waals surface area contributed by atoms with Crippen LogP contribution in [0.2, 0.25) is 5.02 Å². The van der Waals surface area contributed by atoms with Gasteiger partial charge in [-0.15, -0.1) is 11.3 Å². The largest absolute Gasteiger partial charge is 0.309 e. The van der Waals surface area contributed by atoms with Crippen molar-refractivity contribution in [3.05, 3.63) is 19.8 Å². The quantitative estimate of drug-likeness (QED) is 0.780. The molecule has 1 nitrogen and oxygen atoms in total. The lowest BCUT2D eigenvalue weighted by atomic mass is 9.81. The molecule has 0 aliphatic carbocycles. The molecule has 0 aliphatic rings. The topological polar surface area (TPSA) is 12.0 Å². The first-order valence-corrected chi connectivity index (χ1v) is 7.59. The Hall–Kier alpha value is 0.430. The Kier molecular flexibility index (Phi) is 5.30. The normalized spacial score (nSPS) is 14.1. The Morgan fingerprint density at radius 3 is 2.50 bits per heavy atom. The molecule has 16 heavy (non-hydrogen) atoms. The van der Waals surface area contributed by atoms with Crippen LogP contribution in [0.3, 0.4) is 0 Å². The van der Waals surface area contributed by atoms with Crippen molar-refractivity contribution in [3.8, 4) is 0 Å². The predicted octanol–water partition coefficient (Wildman–Crippen LogP) is 5.25. The third kappa shape index (κ3) is 3.22. The Labute approximate surface area is 116 Å². The lowest BCUT2D eigenvalue weighted by Gasteiger charge is -2.33. The van der Waals surface area contributed by atoms with E-state index in [4.69, 9.17) is 11.6 Å². The third-order valence-corrected chi connectivity index (χ3v) is 5.59. The van der Waals surface area contributed by atoms with Gasteiger partial charge in [-0.05, 0) is 40.4 Å². The molecule has 1 unspecified atom stereocenters. The number of hydrogen-bond acceptors (Lipinski definition) is 2. The van der Waals surface area contributed by atoms with E-state index in [0.29, 0.717) is 6.04 Å². The molecular formula is C12H19BrClNS. The van der Waals surface area contributed by atoms with E-state index in [0.717, 1.165) is 21.8 Å². The maximum Gasteiger partial charge on any atom is 0.0888 e. The van der Waals surface area contributed by atoms with Gasteiger partial charge < -0.3 is 5.32 Å². The Morgan fingerprint density at radius 2 is 2.12 bits per heavy atom. The van der Waals surface area contributed by atoms with Gasteiger partial charge in [0.15, 0.2) is 0 Å². The van der Waals surface area contributed by atoms with Crippen LogP contribution in [-0.2, 0) is 0 Å². The van der Waals surface area contributed by atoms with E-state index in [-0.39, 0.29) is 5.41 Å². The van der Waals surface area contributed by atoms with Gasteiger partial charge in [-0.3, -0.25) is 0 Å². The minimum absolute atomic E-state index is 0.240. The molecule has 92 valence electrons. The molecule has 1 heterocycles. The molecule has 0 bridgehead atoms. The highest BCUT2D eigenvalue weighted by Gasteiger charge is 2.30. The summed E-state index contributed by atoms with van der Waals surface area (Å²) in [7, 11) is 0. The van der Waals surface area contributed by atoms with E-state index in [1.54, 1.807) is 11.3 Å². The molecule has 0 amide bonds. The van der Waals surface area contributed by atoms with Crippen molar-refractivity contribution in [2.24, 2.45) is 5.41 Å². The van der Waals surface area contributed by atoms with Crippen molar-refractivity contribution < 1.29 is 0 Å². The maximum absolute atomic E-state index is 6.10. The summed E-state index contributed by atoms with van der Waals surface area (Å²) in [5.41, 5.74) is 0.240. The summed E-state index contributed by atoms with van der Waals surface area (Å²) in [6.45, 7) is 9.93. The van der Waals surface area contributed by atoms with Crippen molar-refractivity contribution in [2.75, 3.05) is 6.54 Å². The molecule has 1 atom stereocenters. The van der Waals surface area contributed by atoms with E-state index in [9.17, 15) is 0 Å². The minimum atomic E-state index is 0.240. The molecule has 0 saturated carbocycles. The zero-order valence-corrected chi connectivity index (χ0v) is 13.4. The molecule has 0 aromatic carbocycles. The Morgan fingerprint density at radius 1 is 1.50 bits per heavy atom. The second-order valence-electron chi connectivity index (χ2n) is 4.60. The molecule has 1 N–H and O–H groups in total. The van der Waals surface area contributed by atoms with Crippen molar-refractivity contribution in [2.45, 2.75) is 40.2 Å². The number of halogens is 2. The number of thiophene rings is 1. The van der Waals surface area contributed by atoms with Crippen LogP contribution in [0.5, 0.6) is 0 Å². The van der Waals surface area contributed by atoms with E-state index >= 15 is 0 Å². The highest BCUT2D eigenvalue weighted by Crippen LogP contribution is 2.43. The number of nitrogens with one attached hydrogen (secondary N) is 1. The smallest absolute Gasteiger partial charge is 0.0888 e. The minimum Gasteiger partial charge on any atom is -0.309 e. The SMILES string of the molecule is CCNC(c1cc(Cl)c(Br)s1)C(C)(C)CC. The summed E-state index contributed by atoms with van der Waals surface area (Å²) in [4.78, 5) is 1.31. The van der Waals surface area contributed by atoms with Gasteiger partial charge in [-0.1, -0.05) is 39.3 Å². The van der Waals surface area contributed by atoms with Gasteiger partial charge in [0, 0.05) is 10.9 Å². The zero-order valence-electron chi connectivity index (χ0n) is 10.2. The van der Waals surface area contributed by atoms with Crippen molar-refractivity contribution >= 4 is 38.9 Å². The highest BCUT2D eigenvalue weighted by molar-refractivity contribution is 9.11. The van der Waals surface area contributed by atoms with Crippen LogP contribution < -0.4 is 5.32 Å². The van der Waals surface area contributed by atoms with E-state index in [2.05, 4.69) is 55.0 Å². The van der Waals surface area contributed by atoms with Crippen LogP contribution in [0.4, 0.5) is 0 Å². The van der Waals surface area contributed by atoms with Gasteiger partial charge in [0.25, 0.3) is 0 Å². The molecule has 0 saturated heterocycles. The standard InChI is InChI=1S/C12H19BrClNS/c1-5-12(3,4)10(15-6-2)9-7-8(14)11(13)16-9/h7,10,15H,5-6H2,1-4H3. The van der Waals surface area contributed by atoms with Gasteiger partial charge in [0.05, 0.1) is 8.81 Å². The van der Waals surface area contributed by atoms with Gasteiger partial charge in [-0.2, -0.15) is 0 Å². The molecule has 1 aromatic heterocycles. The zero-order chi connectivity index (χ0) is 12.3. The average Bonchev–Trinajstić information content (AvgIpc) is 2.55. The van der Waals surface area contributed by atoms with Crippen molar-refractivity contribution in [1.29, 1.82) is 0 Å². The Balaban J connectivity index is 3.02. The molecular weight excluding hydrogens is 306 g/mol. The molecule has 0 spiro atoms. The van der Waals surface area contributed by atoms with E-state index in [1.165, 1.54) is 4.88 Å². The van der Waals surface area contributed by atoms with Gasteiger partial charge >= 0.3 is 0 Å². The summed E-state index contributed by atoms with van der Waals surface area (Å²) in [5.74, 6) is 0. The lowest BCUT2D eigenvalue weighted by Crippen LogP contribution is -2.33. The summed E-state index contributed by atoms with van der Waals surface area (Å²) in [5, 5.41) is 4.38. The first kappa shape index (κ1) is 14.5. The molecule has 0 radical (unpaired) electrons. The van der Waals surface area contributed by atoms with Gasteiger partial charge in [-0.25, -0.2) is 0 Å². The second-order valence-corrected chi connectivity index (χ2v) is 7.41. The van der Waals surface area contributed by atoms with Crippen molar-refractivity contribution in [1.82, 2.24) is 5.32 Å². The van der Waals surface area contributed by atoms with Crippen LogP contribution in [0.25, 0.3) is 0 Å². The van der Waals surface area contributed by atoms with Gasteiger partial charge in [0.1, 0.15) is 0 Å². The predicted molar refractivity (Wildman–Crippen MR) is 77.5 cm³/mol. The summed E-state index contributed by atoms with van der Waals surface area (Å²) < 4.78 is 1.03.